The average molecular weight is 452 g/mol. The first-order valence-electron chi connectivity index (χ1n) is 5.51. The van der Waals surface area contributed by atoms with E-state index in [1.165, 1.54) is 0 Å². The van der Waals surface area contributed by atoms with Gasteiger partial charge in [0.05, 0.1) is 40.2 Å². The van der Waals surface area contributed by atoms with Crippen LogP contribution in [0.5, 0.6) is 0 Å². The first-order valence-corrected chi connectivity index (χ1v) is 8.54. The van der Waals surface area contributed by atoms with Crippen molar-refractivity contribution in [3.8, 4) is 0 Å². The van der Waals surface area contributed by atoms with E-state index in [-0.39, 0.29) is 40.2 Å². The minimum absolute atomic E-state index is 0.117. The molecule has 3 rings (SSSR count). The van der Waals surface area contributed by atoms with Crippen LogP contribution in [0, 0.1) is 12.1 Å². The SMILES string of the molecule is Clc1[c]c2c(Cl)c(Cl)c3c(Cl)[c]c(Cl)c(Cl)c3c2c(Cl)c1Cl. The average Bonchev–Trinajstić information content (AvgIpc) is 2.46. The number of benzene rings is 3. The third-order valence-corrected chi connectivity index (χ3v) is 6.20. The maximum absolute atomic E-state index is 6.32. The summed E-state index contributed by atoms with van der Waals surface area (Å²) in [7, 11) is 0. The monoisotopic (exact) mass is 448 g/mol. The molecule has 0 saturated carbocycles. The number of hydrogen-bond donors (Lipinski definition) is 0. The summed E-state index contributed by atoms with van der Waals surface area (Å²) in [6.07, 6.45) is 0. The molecule has 0 aliphatic rings. The predicted molar refractivity (Wildman–Crippen MR) is 99.2 cm³/mol. The van der Waals surface area contributed by atoms with Gasteiger partial charge in [0.1, 0.15) is 0 Å². The van der Waals surface area contributed by atoms with Crippen molar-refractivity contribution in [1.29, 1.82) is 0 Å². The highest BCUT2D eigenvalue weighted by Gasteiger charge is 2.23. The van der Waals surface area contributed by atoms with Crippen LogP contribution < -0.4 is 0 Å². The van der Waals surface area contributed by atoms with Crippen molar-refractivity contribution in [3.63, 3.8) is 0 Å². The van der Waals surface area contributed by atoms with Gasteiger partial charge in [-0.3, -0.25) is 0 Å². The Morgan fingerprint density at radius 1 is 0.409 bits per heavy atom. The van der Waals surface area contributed by atoms with Gasteiger partial charge < -0.3 is 0 Å². The highest BCUT2D eigenvalue weighted by molar-refractivity contribution is 6.58. The standard InChI is InChI=1S/C14Cl8/c15-4-2-6(17)11(19)9-7-3(10(18)14(22)8(4)9)1-5(16)12(20)13(7)21. The maximum atomic E-state index is 6.32. The number of halogens is 8. The summed E-state index contributed by atoms with van der Waals surface area (Å²) in [6, 6.07) is 5.55. The molecule has 3 aromatic carbocycles. The zero-order valence-corrected chi connectivity index (χ0v) is 16.1. The van der Waals surface area contributed by atoms with E-state index in [0.29, 0.717) is 21.5 Å². The molecule has 0 aliphatic carbocycles. The summed E-state index contributed by atoms with van der Waals surface area (Å²) in [5.74, 6) is 0. The summed E-state index contributed by atoms with van der Waals surface area (Å²) in [4.78, 5) is 0. The molecule has 0 aliphatic heterocycles. The van der Waals surface area contributed by atoms with Gasteiger partial charge in [-0.1, -0.05) is 92.8 Å². The molecule has 0 amide bonds. The van der Waals surface area contributed by atoms with Crippen LogP contribution in [0.25, 0.3) is 21.5 Å². The van der Waals surface area contributed by atoms with Crippen molar-refractivity contribution in [3.05, 3.63) is 52.3 Å². The molecule has 0 bridgehead atoms. The van der Waals surface area contributed by atoms with E-state index in [0.717, 1.165) is 0 Å². The van der Waals surface area contributed by atoms with Gasteiger partial charge in [-0.25, -0.2) is 0 Å². The van der Waals surface area contributed by atoms with Gasteiger partial charge in [-0.2, -0.15) is 0 Å². The summed E-state index contributed by atoms with van der Waals surface area (Å²) < 4.78 is 0. The first kappa shape index (κ1) is 17.3. The van der Waals surface area contributed by atoms with Crippen LogP contribution in [0.4, 0.5) is 0 Å². The Bertz CT molecular complexity index is 961. The van der Waals surface area contributed by atoms with Crippen LogP contribution in [0.3, 0.4) is 0 Å². The van der Waals surface area contributed by atoms with E-state index >= 15 is 0 Å². The van der Waals surface area contributed by atoms with Crippen molar-refractivity contribution in [2.75, 3.05) is 0 Å². The molecule has 3 aromatic rings. The van der Waals surface area contributed by atoms with Gasteiger partial charge in [0.15, 0.2) is 0 Å². The Labute approximate surface area is 165 Å². The number of fused-ring (bicyclic) bond motifs is 3. The number of rotatable bonds is 0. The van der Waals surface area contributed by atoms with Crippen LogP contribution in [-0.4, -0.2) is 0 Å². The Kier molecular flexibility index (Phi) is 4.80. The van der Waals surface area contributed by atoms with Crippen molar-refractivity contribution in [2.24, 2.45) is 0 Å². The molecule has 2 radical (unpaired) electrons. The molecule has 0 heterocycles. The highest BCUT2D eigenvalue weighted by atomic mass is 35.5. The van der Waals surface area contributed by atoms with Gasteiger partial charge in [0.2, 0.25) is 0 Å². The lowest BCUT2D eigenvalue weighted by atomic mass is 10.0. The molecule has 112 valence electrons. The molecule has 0 atom stereocenters. The Balaban J connectivity index is 2.80. The fraction of sp³-hybridized carbons (Fsp3) is 0. The lowest BCUT2D eigenvalue weighted by Crippen LogP contribution is -1.89. The topological polar surface area (TPSA) is 0 Å². The first-order chi connectivity index (χ1) is 10.3. The summed E-state index contributed by atoms with van der Waals surface area (Å²) in [6.45, 7) is 0. The fourth-order valence-electron chi connectivity index (χ4n) is 2.15. The van der Waals surface area contributed by atoms with E-state index in [9.17, 15) is 0 Å². The van der Waals surface area contributed by atoms with Crippen molar-refractivity contribution in [2.45, 2.75) is 0 Å². The van der Waals surface area contributed by atoms with E-state index < -0.39 is 0 Å². The second-order valence-electron chi connectivity index (χ2n) is 4.26. The second kappa shape index (κ2) is 6.10. The molecular weight excluding hydrogens is 452 g/mol. The fourth-order valence-corrected chi connectivity index (χ4v) is 4.13. The van der Waals surface area contributed by atoms with Gasteiger partial charge >= 0.3 is 0 Å². The molecule has 0 N–H and O–H groups in total. The van der Waals surface area contributed by atoms with E-state index in [4.69, 9.17) is 92.8 Å². The molecule has 0 nitrogen and oxygen atoms in total. The summed E-state index contributed by atoms with van der Waals surface area (Å²) in [5.41, 5.74) is 0. The van der Waals surface area contributed by atoms with Crippen molar-refractivity contribution in [1.82, 2.24) is 0 Å². The number of hydrogen-bond acceptors (Lipinski definition) is 0. The van der Waals surface area contributed by atoms with E-state index in [1.807, 2.05) is 0 Å². The minimum Gasteiger partial charge on any atom is -0.0829 e. The molecule has 0 saturated heterocycles. The van der Waals surface area contributed by atoms with Gasteiger partial charge in [-0.15, -0.1) is 0 Å². The maximum Gasteiger partial charge on any atom is 0.0791 e. The summed E-state index contributed by atoms with van der Waals surface area (Å²) >= 11 is 49.5. The van der Waals surface area contributed by atoms with Gasteiger partial charge in [0.25, 0.3) is 0 Å². The van der Waals surface area contributed by atoms with Crippen LogP contribution in [-0.2, 0) is 0 Å². The molecule has 8 heteroatoms. The second-order valence-corrected chi connectivity index (χ2v) is 7.29. The molecule has 0 fully saturated rings. The normalized spacial score (nSPS) is 11.6. The molecule has 0 aromatic heterocycles. The zero-order chi connectivity index (χ0) is 16.3. The van der Waals surface area contributed by atoms with Crippen molar-refractivity contribution < 1.29 is 0 Å². The van der Waals surface area contributed by atoms with Crippen molar-refractivity contribution >= 4 is 114 Å². The van der Waals surface area contributed by atoms with Gasteiger partial charge in [0, 0.05) is 33.7 Å². The molecular formula is C14Cl8. The Morgan fingerprint density at radius 3 is 1.59 bits per heavy atom. The van der Waals surface area contributed by atoms with E-state index in [2.05, 4.69) is 12.1 Å². The van der Waals surface area contributed by atoms with Crippen LogP contribution in [0.15, 0.2) is 0 Å². The Hall–Kier alpha value is 0.500. The zero-order valence-electron chi connectivity index (χ0n) is 10.0. The highest BCUT2D eigenvalue weighted by Crippen LogP contribution is 2.50. The van der Waals surface area contributed by atoms with Crippen LogP contribution in [0.2, 0.25) is 40.2 Å². The largest absolute Gasteiger partial charge is 0.0829 e. The van der Waals surface area contributed by atoms with Gasteiger partial charge in [-0.05, 0) is 0 Å². The molecule has 0 unspecified atom stereocenters. The predicted octanol–water partition coefficient (Wildman–Crippen LogP) is 8.82. The van der Waals surface area contributed by atoms with Crippen LogP contribution in [0.1, 0.15) is 0 Å². The summed E-state index contributed by atoms with van der Waals surface area (Å²) in [5, 5.41) is 2.81. The third kappa shape index (κ3) is 2.44. The third-order valence-electron chi connectivity index (χ3n) is 3.07. The molecule has 0 spiro atoms. The Morgan fingerprint density at radius 2 is 0.955 bits per heavy atom. The lowest BCUT2D eigenvalue weighted by molar-refractivity contribution is 1.73. The van der Waals surface area contributed by atoms with E-state index in [1.54, 1.807) is 0 Å². The lowest BCUT2D eigenvalue weighted by Gasteiger charge is -2.15. The quantitative estimate of drug-likeness (QED) is 0.182. The minimum atomic E-state index is 0.117. The van der Waals surface area contributed by atoms with Crippen LogP contribution >= 0.6 is 92.8 Å². The smallest absolute Gasteiger partial charge is 0.0791 e. The molecule has 22 heavy (non-hydrogen) atoms.